The topological polar surface area (TPSA) is 101 Å². The van der Waals surface area contributed by atoms with Crippen molar-refractivity contribution in [3.63, 3.8) is 0 Å². The first-order valence-electron chi connectivity index (χ1n) is 9.44. The van der Waals surface area contributed by atoms with Crippen LogP contribution in [0.1, 0.15) is 47.4 Å². The summed E-state index contributed by atoms with van der Waals surface area (Å²) in [7, 11) is 0. The van der Waals surface area contributed by atoms with Crippen LogP contribution in [0.2, 0.25) is 0 Å². The zero-order valence-corrected chi connectivity index (χ0v) is 16.3. The first-order valence-corrected chi connectivity index (χ1v) is 9.44. The molecule has 1 aromatic carbocycles. The summed E-state index contributed by atoms with van der Waals surface area (Å²) >= 11 is 0. The monoisotopic (exact) mass is 375 g/mol. The van der Waals surface area contributed by atoms with Crippen LogP contribution in [0.15, 0.2) is 16.7 Å². The molecule has 28 heavy (non-hydrogen) atoms. The fourth-order valence-electron chi connectivity index (χ4n) is 4.01. The fraction of sp³-hybridized carbons (Fsp3) is 0.333. The first-order chi connectivity index (χ1) is 13.4. The molecular formula is C21H21N5O2. The number of aromatic amines is 1. The average molecular weight is 375 g/mol. The molecule has 0 spiro atoms. The largest absolute Gasteiger partial charge is 0.479 e. The third-order valence-electron chi connectivity index (χ3n) is 5.42. The minimum atomic E-state index is -0.211. The van der Waals surface area contributed by atoms with Crippen molar-refractivity contribution in [2.75, 3.05) is 0 Å². The summed E-state index contributed by atoms with van der Waals surface area (Å²) < 4.78 is 5.39. The molecule has 3 heterocycles. The van der Waals surface area contributed by atoms with Crippen molar-refractivity contribution in [2.24, 2.45) is 0 Å². The molecule has 1 aliphatic rings. The lowest BCUT2D eigenvalue weighted by Crippen LogP contribution is -1.97. The lowest BCUT2D eigenvalue weighted by atomic mass is 9.95. The van der Waals surface area contributed by atoms with E-state index in [1.165, 1.54) is 12.8 Å². The summed E-state index contributed by atoms with van der Waals surface area (Å²) in [5.41, 5.74) is 8.00. The van der Waals surface area contributed by atoms with E-state index in [0.717, 1.165) is 62.0 Å². The predicted molar refractivity (Wildman–Crippen MR) is 105 cm³/mol. The number of hydrogen-bond donors (Lipinski definition) is 2. The van der Waals surface area contributed by atoms with E-state index >= 15 is 0 Å². The van der Waals surface area contributed by atoms with Crippen molar-refractivity contribution in [3.05, 3.63) is 40.8 Å². The third-order valence-corrected chi connectivity index (χ3v) is 5.42. The van der Waals surface area contributed by atoms with Crippen molar-refractivity contribution in [2.45, 2.75) is 46.5 Å². The summed E-state index contributed by atoms with van der Waals surface area (Å²) in [5.74, 6) is 2.32. The summed E-state index contributed by atoms with van der Waals surface area (Å²) in [5, 5.41) is 13.9. The molecule has 1 saturated carbocycles. The van der Waals surface area contributed by atoms with Crippen molar-refractivity contribution in [1.82, 2.24) is 25.1 Å². The molecule has 0 saturated heterocycles. The Morgan fingerprint density at radius 2 is 1.68 bits per heavy atom. The van der Waals surface area contributed by atoms with Crippen molar-refractivity contribution >= 4 is 11.0 Å². The van der Waals surface area contributed by atoms with Crippen molar-refractivity contribution in [1.29, 1.82) is 0 Å². The van der Waals surface area contributed by atoms with Crippen molar-refractivity contribution < 1.29 is 9.63 Å². The van der Waals surface area contributed by atoms with Crippen LogP contribution in [0.4, 0.5) is 0 Å². The Hall–Kier alpha value is -3.22. The first kappa shape index (κ1) is 16.9. The molecule has 4 aromatic rings. The molecule has 5 rings (SSSR count). The number of benzene rings is 1. The van der Waals surface area contributed by atoms with Gasteiger partial charge in [0.25, 0.3) is 0 Å². The number of imidazole rings is 1. The van der Waals surface area contributed by atoms with Gasteiger partial charge in [0.2, 0.25) is 0 Å². The molecule has 2 N–H and O–H groups in total. The minimum Gasteiger partial charge on any atom is -0.479 e. The molecule has 3 aromatic heterocycles. The Balaban J connectivity index is 1.84. The van der Waals surface area contributed by atoms with Gasteiger partial charge in [0.15, 0.2) is 0 Å². The molecule has 0 amide bonds. The second-order valence-electron chi connectivity index (χ2n) is 7.58. The lowest BCUT2D eigenvalue weighted by molar-refractivity contribution is 0.393. The molecule has 0 unspecified atom stereocenters. The Labute approximate surface area is 161 Å². The van der Waals surface area contributed by atoms with Gasteiger partial charge in [-0.1, -0.05) is 5.16 Å². The number of hydrogen-bond acceptors (Lipinski definition) is 6. The van der Waals surface area contributed by atoms with E-state index < -0.39 is 0 Å². The number of nitrogens with one attached hydrogen (secondary N) is 1. The van der Waals surface area contributed by atoms with Gasteiger partial charge in [0.05, 0.1) is 28.1 Å². The van der Waals surface area contributed by atoms with Gasteiger partial charge >= 0.3 is 6.01 Å². The minimum absolute atomic E-state index is 0.211. The quantitative estimate of drug-likeness (QED) is 0.547. The smallest absolute Gasteiger partial charge is 0.314 e. The molecular weight excluding hydrogens is 354 g/mol. The number of fused-ring (bicyclic) bond motifs is 1. The number of H-pyrrole nitrogens is 1. The molecule has 0 atom stereocenters. The van der Waals surface area contributed by atoms with Crippen LogP contribution in [0.5, 0.6) is 6.01 Å². The number of aryl methyl sites for hydroxylation is 4. The molecule has 142 valence electrons. The van der Waals surface area contributed by atoms with Crippen LogP contribution in [0, 0.1) is 27.7 Å². The van der Waals surface area contributed by atoms with Crippen LogP contribution in [0.25, 0.3) is 33.3 Å². The van der Waals surface area contributed by atoms with E-state index in [9.17, 15) is 5.11 Å². The van der Waals surface area contributed by atoms with Gasteiger partial charge in [-0.05, 0) is 58.2 Å². The molecule has 7 heteroatoms. The van der Waals surface area contributed by atoms with E-state index in [1.54, 1.807) is 0 Å². The predicted octanol–water partition coefficient (Wildman–Crippen LogP) is 4.49. The van der Waals surface area contributed by atoms with Crippen LogP contribution >= 0.6 is 0 Å². The Morgan fingerprint density at radius 1 is 0.964 bits per heavy atom. The standard InChI is InChI=1S/C21H21N5O2/c1-9-17(10(2)23-21(27)22-9)15-7-14(18-11(3)26-28-12(18)4)8-16-19(15)25-20(24-16)13-5-6-13/h7-8,13H,5-6H2,1-4H3,(H,24,25)(H,22,23,27). The normalized spacial score (nSPS) is 14.1. The lowest BCUT2D eigenvalue weighted by Gasteiger charge is -2.12. The van der Waals surface area contributed by atoms with Gasteiger partial charge in [-0.15, -0.1) is 0 Å². The van der Waals surface area contributed by atoms with Crippen LogP contribution in [0.3, 0.4) is 0 Å². The molecule has 0 radical (unpaired) electrons. The summed E-state index contributed by atoms with van der Waals surface area (Å²) in [6, 6.07) is 4.00. The molecule has 7 nitrogen and oxygen atoms in total. The van der Waals surface area contributed by atoms with Crippen LogP contribution in [-0.2, 0) is 0 Å². The van der Waals surface area contributed by atoms with Gasteiger partial charge in [-0.25, -0.2) is 15.0 Å². The van der Waals surface area contributed by atoms with Gasteiger partial charge in [-0.3, -0.25) is 0 Å². The highest BCUT2D eigenvalue weighted by atomic mass is 16.5. The van der Waals surface area contributed by atoms with Gasteiger partial charge in [0, 0.05) is 22.6 Å². The second kappa shape index (κ2) is 5.89. The zero-order valence-electron chi connectivity index (χ0n) is 16.3. The Kier molecular flexibility index (Phi) is 3.56. The maximum Gasteiger partial charge on any atom is 0.314 e. The van der Waals surface area contributed by atoms with Crippen molar-refractivity contribution in [3.8, 4) is 28.3 Å². The molecule has 0 aliphatic heterocycles. The van der Waals surface area contributed by atoms with E-state index in [1.807, 2.05) is 27.7 Å². The SMILES string of the molecule is Cc1nc(O)nc(C)c1-c1cc(-c2c(C)noc2C)cc2[nH]c(C3CC3)nc12. The molecule has 0 bridgehead atoms. The maximum atomic E-state index is 9.78. The molecule has 1 aliphatic carbocycles. The summed E-state index contributed by atoms with van der Waals surface area (Å²) in [6.07, 6.45) is 2.35. The summed E-state index contributed by atoms with van der Waals surface area (Å²) in [4.78, 5) is 16.8. The number of rotatable bonds is 3. The highest BCUT2D eigenvalue weighted by Gasteiger charge is 2.28. The zero-order chi connectivity index (χ0) is 19.6. The van der Waals surface area contributed by atoms with Crippen LogP contribution < -0.4 is 0 Å². The number of nitrogens with zero attached hydrogens (tertiary/aromatic N) is 4. The van der Waals surface area contributed by atoms with E-state index in [-0.39, 0.29) is 6.01 Å². The second-order valence-corrected chi connectivity index (χ2v) is 7.58. The highest BCUT2D eigenvalue weighted by Crippen LogP contribution is 2.42. The Bertz CT molecular complexity index is 1190. The van der Waals surface area contributed by atoms with Gasteiger partial charge < -0.3 is 14.6 Å². The third kappa shape index (κ3) is 2.58. The molecule has 1 fully saturated rings. The summed E-state index contributed by atoms with van der Waals surface area (Å²) in [6.45, 7) is 7.62. The van der Waals surface area contributed by atoms with E-state index in [4.69, 9.17) is 9.51 Å². The highest BCUT2D eigenvalue weighted by molar-refractivity contribution is 5.97. The average Bonchev–Trinajstić information content (AvgIpc) is 3.30. The van der Waals surface area contributed by atoms with Gasteiger partial charge in [0.1, 0.15) is 11.6 Å². The number of aromatic nitrogens is 5. The fourth-order valence-corrected chi connectivity index (χ4v) is 4.01. The number of aromatic hydroxyl groups is 1. The van der Waals surface area contributed by atoms with Gasteiger partial charge in [-0.2, -0.15) is 0 Å². The van der Waals surface area contributed by atoms with E-state index in [2.05, 4.69) is 32.2 Å². The Morgan fingerprint density at radius 3 is 2.29 bits per heavy atom. The van der Waals surface area contributed by atoms with Crippen LogP contribution in [-0.4, -0.2) is 30.2 Å². The van der Waals surface area contributed by atoms with E-state index in [0.29, 0.717) is 5.92 Å². The maximum absolute atomic E-state index is 9.78.